The Morgan fingerprint density at radius 3 is 2.31 bits per heavy atom. The van der Waals surface area contributed by atoms with Crippen LogP contribution >= 0.6 is 0 Å². The number of nitrogens with zero attached hydrogens (tertiary/aromatic N) is 3. The Kier molecular flexibility index (Phi) is 5.90. The molecule has 0 aliphatic carbocycles. The number of rotatable bonds is 8. The fourth-order valence-corrected chi connectivity index (χ4v) is 1.96. The molecule has 0 saturated carbocycles. The first-order chi connectivity index (χ1) is 7.77. The molecule has 0 amide bonds. The van der Waals surface area contributed by atoms with Crippen LogP contribution < -0.4 is 5.73 Å². The molecule has 0 aliphatic rings. The van der Waals surface area contributed by atoms with Gasteiger partial charge in [0.2, 0.25) is 0 Å². The molecule has 0 saturated heterocycles. The normalized spacial score (nSPS) is 11.2. The molecule has 0 unspecified atom stereocenters. The van der Waals surface area contributed by atoms with Crippen molar-refractivity contribution < 1.29 is 0 Å². The molecular formula is C12H24N4. The van der Waals surface area contributed by atoms with Gasteiger partial charge in [-0.05, 0) is 18.8 Å². The van der Waals surface area contributed by atoms with Gasteiger partial charge in [0, 0.05) is 6.54 Å². The Morgan fingerprint density at radius 2 is 1.88 bits per heavy atom. The Balaban J connectivity index is 2.45. The highest BCUT2D eigenvalue weighted by Gasteiger charge is 2.11. The van der Waals surface area contributed by atoms with Gasteiger partial charge in [-0.2, -0.15) is 0 Å². The van der Waals surface area contributed by atoms with Gasteiger partial charge in [-0.15, -0.1) is 5.10 Å². The third-order valence-corrected chi connectivity index (χ3v) is 3.01. The third kappa shape index (κ3) is 4.21. The van der Waals surface area contributed by atoms with Crippen molar-refractivity contribution in [2.75, 3.05) is 5.73 Å². The van der Waals surface area contributed by atoms with Crippen LogP contribution in [0, 0.1) is 5.92 Å². The topological polar surface area (TPSA) is 56.7 Å². The van der Waals surface area contributed by atoms with E-state index in [1.807, 2.05) is 4.68 Å². The summed E-state index contributed by atoms with van der Waals surface area (Å²) in [5.74, 6) is 1.38. The molecule has 1 rings (SSSR count). The van der Waals surface area contributed by atoms with Crippen LogP contribution in [0.15, 0.2) is 6.20 Å². The highest BCUT2D eigenvalue weighted by atomic mass is 15.4. The van der Waals surface area contributed by atoms with Crippen molar-refractivity contribution in [3.63, 3.8) is 0 Å². The summed E-state index contributed by atoms with van der Waals surface area (Å²) in [4.78, 5) is 0. The minimum atomic E-state index is 0.679. The van der Waals surface area contributed by atoms with Crippen LogP contribution in [0.1, 0.15) is 52.4 Å². The average molecular weight is 224 g/mol. The zero-order valence-corrected chi connectivity index (χ0v) is 10.5. The van der Waals surface area contributed by atoms with Gasteiger partial charge >= 0.3 is 0 Å². The van der Waals surface area contributed by atoms with Crippen LogP contribution in [-0.2, 0) is 6.54 Å². The van der Waals surface area contributed by atoms with Gasteiger partial charge in [0.05, 0.1) is 6.20 Å². The van der Waals surface area contributed by atoms with Gasteiger partial charge < -0.3 is 5.73 Å². The van der Waals surface area contributed by atoms with Crippen LogP contribution in [0.5, 0.6) is 0 Å². The van der Waals surface area contributed by atoms with Crippen LogP contribution in [-0.4, -0.2) is 15.0 Å². The van der Waals surface area contributed by atoms with Gasteiger partial charge in [0.25, 0.3) is 0 Å². The van der Waals surface area contributed by atoms with Crippen molar-refractivity contribution in [2.45, 2.75) is 58.9 Å². The number of hydrogen-bond donors (Lipinski definition) is 1. The van der Waals surface area contributed by atoms with Crippen molar-refractivity contribution in [1.29, 1.82) is 0 Å². The first kappa shape index (κ1) is 13.0. The van der Waals surface area contributed by atoms with E-state index in [0.29, 0.717) is 11.7 Å². The first-order valence-corrected chi connectivity index (χ1v) is 6.41. The standard InChI is InChI=1S/C12H24N4/c1-3-5-7-11(8-6-4-2)10-16-12(13)9-14-15-16/h9,11H,3-8,10,13H2,1-2H3. The van der Waals surface area contributed by atoms with Crippen molar-refractivity contribution in [3.8, 4) is 0 Å². The third-order valence-electron chi connectivity index (χ3n) is 3.01. The number of aromatic nitrogens is 3. The van der Waals surface area contributed by atoms with Gasteiger partial charge in [0.15, 0.2) is 0 Å². The minimum Gasteiger partial charge on any atom is -0.383 e. The number of anilines is 1. The molecular weight excluding hydrogens is 200 g/mol. The zero-order chi connectivity index (χ0) is 11.8. The highest BCUT2D eigenvalue weighted by Crippen LogP contribution is 2.18. The second-order valence-electron chi connectivity index (χ2n) is 4.49. The average Bonchev–Trinajstić information content (AvgIpc) is 2.68. The Morgan fingerprint density at radius 1 is 1.25 bits per heavy atom. The molecule has 2 N–H and O–H groups in total. The predicted octanol–water partition coefficient (Wildman–Crippen LogP) is 2.86. The molecule has 0 fully saturated rings. The number of unbranched alkanes of at least 4 members (excludes halogenated alkanes) is 2. The molecule has 1 aromatic heterocycles. The Labute approximate surface area is 98.2 Å². The lowest BCUT2D eigenvalue weighted by atomic mass is 9.96. The second kappa shape index (κ2) is 7.25. The van der Waals surface area contributed by atoms with E-state index in [9.17, 15) is 0 Å². The van der Waals surface area contributed by atoms with Crippen molar-refractivity contribution in [2.24, 2.45) is 5.92 Å². The molecule has 0 bridgehead atoms. The number of nitrogen functional groups attached to an aromatic ring is 1. The van der Waals surface area contributed by atoms with Crippen LogP contribution in [0.2, 0.25) is 0 Å². The molecule has 4 heteroatoms. The van der Waals surface area contributed by atoms with Gasteiger partial charge in [-0.1, -0.05) is 44.7 Å². The van der Waals surface area contributed by atoms with Crippen LogP contribution in [0.4, 0.5) is 5.82 Å². The van der Waals surface area contributed by atoms with Gasteiger partial charge in [-0.3, -0.25) is 0 Å². The van der Waals surface area contributed by atoms with E-state index in [-0.39, 0.29) is 0 Å². The van der Waals surface area contributed by atoms with Crippen molar-refractivity contribution in [3.05, 3.63) is 6.20 Å². The minimum absolute atomic E-state index is 0.679. The summed E-state index contributed by atoms with van der Waals surface area (Å²) in [6.07, 6.45) is 9.28. The van der Waals surface area contributed by atoms with E-state index in [1.165, 1.54) is 38.5 Å². The van der Waals surface area contributed by atoms with Crippen molar-refractivity contribution in [1.82, 2.24) is 15.0 Å². The van der Waals surface area contributed by atoms with Gasteiger partial charge in [-0.25, -0.2) is 4.68 Å². The lowest BCUT2D eigenvalue weighted by Gasteiger charge is -2.16. The maximum atomic E-state index is 5.78. The van der Waals surface area contributed by atoms with Gasteiger partial charge in [0.1, 0.15) is 5.82 Å². The number of hydrogen-bond acceptors (Lipinski definition) is 3. The highest BCUT2D eigenvalue weighted by molar-refractivity contribution is 5.21. The maximum absolute atomic E-state index is 5.78. The van der Waals surface area contributed by atoms with E-state index in [0.717, 1.165) is 6.54 Å². The van der Waals surface area contributed by atoms with Crippen LogP contribution in [0.3, 0.4) is 0 Å². The van der Waals surface area contributed by atoms with Crippen molar-refractivity contribution >= 4 is 5.82 Å². The quantitative estimate of drug-likeness (QED) is 0.738. The molecule has 1 aromatic rings. The summed E-state index contributed by atoms with van der Waals surface area (Å²) >= 11 is 0. The lowest BCUT2D eigenvalue weighted by molar-refractivity contribution is 0.350. The molecule has 0 spiro atoms. The predicted molar refractivity (Wildman–Crippen MR) is 67.0 cm³/mol. The summed E-state index contributed by atoms with van der Waals surface area (Å²) in [6.45, 7) is 5.40. The van der Waals surface area contributed by atoms with E-state index in [2.05, 4.69) is 24.2 Å². The first-order valence-electron chi connectivity index (χ1n) is 6.41. The molecule has 0 aliphatic heterocycles. The molecule has 0 radical (unpaired) electrons. The smallest absolute Gasteiger partial charge is 0.142 e. The summed E-state index contributed by atoms with van der Waals surface area (Å²) in [7, 11) is 0. The molecule has 92 valence electrons. The largest absolute Gasteiger partial charge is 0.383 e. The van der Waals surface area contributed by atoms with E-state index < -0.39 is 0 Å². The fourth-order valence-electron chi connectivity index (χ4n) is 1.96. The van der Waals surface area contributed by atoms with E-state index in [4.69, 9.17) is 5.73 Å². The van der Waals surface area contributed by atoms with Crippen LogP contribution in [0.25, 0.3) is 0 Å². The SMILES string of the molecule is CCCCC(CCCC)Cn1nncc1N. The zero-order valence-electron chi connectivity index (χ0n) is 10.5. The molecule has 4 nitrogen and oxygen atoms in total. The van der Waals surface area contributed by atoms with E-state index in [1.54, 1.807) is 6.20 Å². The summed E-state index contributed by atoms with van der Waals surface area (Å²) in [5.41, 5.74) is 5.78. The lowest BCUT2D eigenvalue weighted by Crippen LogP contribution is -2.14. The fraction of sp³-hybridized carbons (Fsp3) is 0.833. The monoisotopic (exact) mass is 224 g/mol. The number of nitrogens with two attached hydrogens (primary N) is 1. The maximum Gasteiger partial charge on any atom is 0.142 e. The Bertz CT molecular complexity index is 274. The van der Waals surface area contributed by atoms with E-state index >= 15 is 0 Å². The summed E-state index contributed by atoms with van der Waals surface area (Å²) in [5, 5.41) is 7.84. The summed E-state index contributed by atoms with van der Waals surface area (Å²) < 4.78 is 1.83. The summed E-state index contributed by atoms with van der Waals surface area (Å²) in [6, 6.07) is 0. The molecule has 1 heterocycles. The second-order valence-corrected chi connectivity index (χ2v) is 4.49. The molecule has 16 heavy (non-hydrogen) atoms. The molecule has 0 aromatic carbocycles. The molecule has 0 atom stereocenters. The Hall–Kier alpha value is -1.06.